The molecule has 0 aliphatic carbocycles. The number of rotatable bonds is 6. The van der Waals surface area contributed by atoms with Gasteiger partial charge in [-0.05, 0) is 31.5 Å². The van der Waals surface area contributed by atoms with Crippen molar-refractivity contribution in [3.05, 3.63) is 23.8 Å². The lowest BCUT2D eigenvalue weighted by molar-refractivity contribution is 0.101. The van der Waals surface area contributed by atoms with Gasteiger partial charge in [0.05, 0.1) is 6.61 Å². The van der Waals surface area contributed by atoms with Crippen LogP contribution < -0.4 is 4.74 Å². The Morgan fingerprint density at radius 1 is 1.38 bits per heavy atom. The first-order valence-electron chi connectivity index (χ1n) is 5.62. The van der Waals surface area contributed by atoms with Crippen LogP contribution in [0.1, 0.15) is 43.5 Å². The predicted molar refractivity (Wildman–Crippen MR) is 63.1 cm³/mol. The average Bonchev–Trinajstić information content (AvgIpc) is 2.26. The summed E-state index contributed by atoms with van der Waals surface area (Å²) < 4.78 is 5.43. The molecule has 0 unspecified atom stereocenters. The molecule has 0 heterocycles. The molecule has 0 aliphatic heterocycles. The number of carbonyl (C=O) groups excluding carboxylic acids is 1. The molecule has 1 rings (SSSR count). The van der Waals surface area contributed by atoms with Crippen LogP contribution in [0.2, 0.25) is 0 Å². The lowest BCUT2D eigenvalue weighted by atomic mass is 10.1. The third-order valence-corrected chi connectivity index (χ3v) is 2.37. The van der Waals surface area contributed by atoms with E-state index in [-0.39, 0.29) is 11.5 Å². The smallest absolute Gasteiger partial charge is 0.161 e. The molecule has 3 nitrogen and oxygen atoms in total. The van der Waals surface area contributed by atoms with Gasteiger partial charge in [0.1, 0.15) is 0 Å². The quantitative estimate of drug-likeness (QED) is 0.594. The summed E-state index contributed by atoms with van der Waals surface area (Å²) >= 11 is 0. The Balaban J connectivity index is 2.63. The molecular weight excluding hydrogens is 204 g/mol. The molecule has 0 atom stereocenters. The Hall–Kier alpha value is -1.51. The zero-order chi connectivity index (χ0) is 12.0. The molecule has 1 aromatic rings. The van der Waals surface area contributed by atoms with E-state index in [0.29, 0.717) is 17.9 Å². The van der Waals surface area contributed by atoms with E-state index in [2.05, 4.69) is 6.92 Å². The second-order valence-corrected chi connectivity index (χ2v) is 3.79. The van der Waals surface area contributed by atoms with Gasteiger partial charge < -0.3 is 9.84 Å². The molecule has 88 valence electrons. The molecule has 0 aromatic heterocycles. The SMILES string of the molecule is CCCCCOc1cc(C(C)=O)ccc1O. The van der Waals surface area contributed by atoms with Gasteiger partial charge in [-0.25, -0.2) is 0 Å². The van der Waals surface area contributed by atoms with Gasteiger partial charge in [-0.15, -0.1) is 0 Å². The van der Waals surface area contributed by atoms with Crippen molar-refractivity contribution in [1.82, 2.24) is 0 Å². The van der Waals surface area contributed by atoms with Gasteiger partial charge in [-0.1, -0.05) is 19.8 Å². The highest BCUT2D eigenvalue weighted by atomic mass is 16.5. The van der Waals surface area contributed by atoms with Crippen molar-refractivity contribution >= 4 is 5.78 Å². The number of ketones is 1. The largest absolute Gasteiger partial charge is 0.504 e. The fourth-order valence-corrected chi connectivity index (χ4v) is 1.38. The highest BCUT2D eigenvalue weighted by Gasteiger charge is 2.06. The van der Waals surface area contributed by atoms with Crippen LogP contribution in [0.4, 0.5) is 0 Å². The summed E-state index contributed by atoms with van der Waals surface area (Å²) in [5.74, 6) is 0.448. The van der Waals surface area contributed by atoms with Crippen LogP contribution in [0.15, 0.2) is 18.2 Å². The molecular formula is C13H18O3. The average molecular weight is 222 g/mol. The van der Waals surface area contributed by atoms with Gasteiger partial charge in [0.2, 0.25) is 0 Å². The molecule has 0 radical (unpaired) electrons. The normalized spacial score (nSPS) is 10.1. The summed E-state index contributed by atoms with van der Waals surface area (Å²) in [5.41, 5.74) is 0.559. The van der Waals surface area contributed by atoms with E-state index in [1.54, 1.807) is 12.1 Å². The molecule has 0 fully saturated rings. The Kier molecular flexibility index (Phi) is 4.83. The molecule has 0 amide bonds. The highest BCUT2D eigenvalue weighted by Crippen LogP contribution is 2.27. The van der Waals surface area contributed by atoms with Crippen LogP contribution in [0, 0.1) is 0 Å². The molecule has 1 N–H and O–H groups in total. The molecule has 16 heavy (non-hydrogen) atoms. The van der Waals surface area contributed by atoms with E-state index in [0.717, 1.165) is 19.3 Å². The number of carbonyl (C=O) groups is 1. The third kappa shape index (κ3) is 3.57. The first-order valence-corrected chi connectivity index (χ1v) is 5.62. The molecule has 0 saturated heterocycles. The van der Waals surface area contributed by atoms with Crippen molar-refractivity contribution < 1.29 is 14.6 Å². The van der Waals surface area contributed by atoms with Gasteiger partial charge in [-0.3, -0.25) is 4.79 Å². The van der Waals surface area contributed by atoms with E-state index < -0.39 is 0 Å². The minimum absolute atomic E-state index is 0.0293. The van der Waals surface area contributed by atoms with Crippen LogP contribution in [0.3, 0.4) is 0 Å². The minimum Gasteiger partial charge on any atom is -0.504 e. The molecule has 0 aliphatic rings. The number of phenolic OH excluding ortho intramolecular Hbond substituents is 1. The van der Waals surface area contributed by atoms with Gasteiger partial charge in [-0.2, -0.15) is 0 Å². The van der Waals surface area contributed by atoms with Crippen LogP contribution >= 0.6 is 0 Å². The fourth-order valence-electron chi connectivity index (χ4n) is 1.38. The molecule has 0 bridgehead atoms. The van der Waals surface area contributed by atoms with E-state index in [1.807, 2.05) is 0 Å². The Morgan fingerprint density at radius 2 is 2.12 bits per heavy atom. The van der Waals surface area contributed by atoms with Crippen molar-refractivity contribution in [1.29, 1.82) is 0 Å². The van der Waals surface area contributed by atoms with Crippen LogP contribution in [0.5, 0.6) is 11.5 Å². The second-order valence-electron chi connectivity index (χ2n) is 3.79. The van der Waals surface area contributed by atoms with Gasteiger partial charge in [0.15, 0.2) is 17.3 Å². The first-order chi connectivity index (χ1) is 7.65. The summed E-state index contributed by atoms with van der Waals surface area (Å²) in [6.07, 6.45) is 3.19. The predicted octanol–water partition coefficient (Wildman–Crippen LogP) is 3.16. The van der Waals surface area contributed by atoms with E-state index >= 15 is 0 Å². The van der Waals surface area contributed by atoms with Crippen molar-refractivity contribution in [3.63, 3.8) is 0 Å². The van der Waals surface area contributed by atoms with E-state index in [1.165, 1.54) is 13.0 Å². The van der Waals surface area contributed by atoms with Crippen LogP contribution in [0.25, 0.3) is 0 Å². The number of hydrogen-bond acceptors (Lipinski definition) is 3. The number of aromatic hydroxyl groups is 1. The topological polar surface area (TPSA) is 46.5 Å². The molecule has 3 heteroatoms. The van der Waals surface area contributed by atoms with Gasteiger partial charge in [0.25, 0.3) is 0 Å². The third-order valence-electron chi connectivity index (χ3n) is 2.37. The van der Waals surface area contributed by atoms with Gasteiger partial charge in [0, 0.05) is 5.56 Å². The molecule has 1 aromatic carbocycles. The molecule has 0 saturated carbocycles. The van der Waals surface area contributed by atoms with E-state index in [4.69, 9.17) is 4.74 Å². The standard InChI is InChI=1S/C13H18O3/c1-3-4-5-8-16-13-9-11(10(2)14)6-7-12(13)15/h6-7,9,15H,3-5,8H2,1-2H3. The maximum atomic E-state index is 11.1. The Bertz CT molecular complexity index is 358. The monoisotopic (exact) mass is 222 g/mol. The zero-order valence-corrected chi connectivity index (χ0v) is 9.82. The maximum Gasteiger partial charge on any atom is 0.161 e. The number of hydrogen-bond donors (Lipinski definition) is 1. The van der Waals surface area contributed by atoms with Crippen LogP contribution in [-0.2, 0) is 0 Å². The van der Waals surface area contributed by atoms with Gasteiger partial charge >= 0.3 is 0 Å². The van der Waals surface area contributed by atoms with E-state index in [9.17, 15) is 9.90 Å². The summed E-state index contributed by atoms with van der Waals surface area (Å²) in [5, 5.41) is 9.54. The lowest BCUT2D eigenvalue weighted by Gasteiger charge is -2.08. The number of phenols is 1. The van der Waals surface area contributed by atoms with Crippen molar-refractivity contribution in [3.8, 4) is 11.5 Å². The maximum absolute atomic E-state index is 11.1. The number of benzene rings is 1. The summed E-state index contributed by atoms with van der Waals surface area (Å²) in [7, 11) is 0. The second kappa shape index (κ2) is 6.16. The lowest BCUT2D eigenvalue weighted by Crippen LogP contribution is -1.99. The summed E-state index contributed by atoms with van der Waals surface area (Å²) in [6, 6.07) is 4.67. The number of Topliss-reactive ketones (excluding diaryl/α,β-unsaturated/α-hetero) is 1. The summed E-state index contributed by atoms with van der Waals surface area (Å²) in [6.45, 7) is 4.18. The highest BCUT2D eigenvalue weighted by molar-refractivity contribution is 5.94. The molecule has 0 spiro atoms. The fraction of sp³-hybridized carbons (Fsp3) is 0.462. The number of unbranched alkanes of at least 4 members (excludes halogenated alkanes) is 2. The number of ether oxygens (including phenoxy) is 1. The van der Waals surface area contributed by atoms with Crippen LogP contribution in [-0.4, -0.2) is 17.5 Å². The van der Waals surface area contributed by atoms with Crippen molar-refractivity contribution in [2.24, 2.45) is 0 Å². The Labute approximate surface area is 96.1 Å². The van der Waals surface area contributed by atoms with Crippen molar-refractivity contribution in [2.45, 2.75) is 33.1 Å². The first kappa shape index (κ1) is 12.6. The zero-order valence-electron chi connectivity index (χ0n) is 9.82. The van der Waals surface area contributed by atoms with Crippen molar-refractivity contribution in [2.75, 3.05) is 6.61 Å². The minimum atomic E-state index is -0.0293. The summed E-state index contributed by atoms with van der Waals surface area (Å²) in [4.78, 5) is 11.1. The Morgan fingerprint density at radius 3 is 2.75 bits per heavy atom.